The molecule has 1 N–H and O–H groups in total. The first kappa shape index (κ1) is 32.0. The van der Waals surface area contributed by atoms with Crippen molar-refractivity contribution in [2.24, 2.45) is 0 Å². The fourth-order valence-electron chi connectivity index (χ4n) is 6.12. The van der Waals surface area contributed by atoms with E-state index >= 15 is 0 Å². The second-order valence-corrected chi connectivity index (χ2v) is 11.0. The zero-order chi connectivity index (χ0) is 32.6. The number of benzene rings is 2. The van der Waals surface area contributed by atoms with Gasteiger partial charge in [0.2, 0.25) is 0 Å². The third-order valence-corrected chi connectivity index (χ3v) is 8.10. The number of aryl methyl sites for hydroxylation is 1. The summed E-state index contributed by atoms with van der Waals surface area (Å²) in [7, 11) is 1.23. The van der Waals surface area contributed by atoms with Crippen LogP contribution in [0, 0.1) is 25.1 Å². The molecule has 13 heteroatoms. The molecule has 0 saturated carbocycles. The van der Waals surface area contributed by atoms with Gasteiger partial charge in [0.15, 0.2) is 5.82 Å². The van der Waals surface area contributed by atoms with Gasteiger partial charge in [-0.05, 0) is 63.2 Å². The van der Waals surface area contributed by atoms with Crippen LogP contribution in [0.4, 0.5) is 27.8 Å². The summed E-state index contributed by atoms with van der Waals surface area (Å²) in [5.41, 5.74) is -0.852. The number of phenols is 1. The van der Waals surface area contributed by atoms with Crippen molar-refractivity contribution in [3.05, 3.63) is 51.6 Å². The minimum atomic E-state index is -4.58. The normalized spacial score (nSPS) is 18.0. The number of rotatable bonds is 5. The SMILES string of the molecule is C#Cc1c(F)ccc2cc(O)cc(-c3oc(=O)c4c(N(CC)CC(F)(F)F)nc(OC)nc4c3C)c12.FC1CC2CCCN2C1. The average Bonchev–Trinajstić information content (AvgIpc) is 3.57. The van der Waals surface area contributed by atoms with Gasteiger partial charge < -0.3 is 19.2 Å². The molecule has 0 radical (unpaired) electrons. The van der Waals surface area contributed by atoms with Crippen LogP contribution in [0.2, 0.25) is 0 Å². The van der Waals surface area contributed by atoms with E-state index in [0.717, 1.165) is 23.9 Å². The number of ether oxygens (including phenoxy) is 1. The Bertz CT molecular complexity index is 1840. The number of halogens is 5. The van der Waals surface area contributed by atoms with Crippen LogP contribution in [-0.4, -0.2) is 71.7 Å². The largest absolute Gasteiger partial charge is 0.508 e. The Morgan fingerprint density at radius 3 is 2.64 bits per heavy atom. The van der Waals surface area contributed by atoms with Crippen LogP contribution in [0.1, 0.15) is 37.3 Å². The van der Waals surface area contributed by atoms with Gasteiger partial charge in [0.1, 0.15) is 35.4 Å². The van der Waals surface area contributed by atoms with Crippen molar-refractivity contribution < 1.29 is 36.2 Å². The van der Waals surface area contributed by atoms with Crippen molar-refractivity contribution in [3.63, 3.8) is 0 Å². The zero-order valence-corrected chi connectivity index (χ0v) is 24.8. The van der Waals surface area contributed by atoms with Crippen LogP contribution in [0.15, 0.2) is 33.5 Å². The van der Waals surface area contributed by atoms with Gasteiger partial charge in [-0.25, -0.2) is 13.6 Å². The second-order valence-electron chi connectivity index (χ2n) is 11.0. The Labute approximate surface area is 255 Å². The van der Waals surface area contributed by atoms with Crippen molar-refractivity contribution in [2.75, 3.05) is 38.2 Å². The summed E-state index contributed by atoms with van der Waals surface area (Å²) in [6.07, 6.45) is 3.77. The van der Waals surface area contributed by atoms with Gasteiger partial charge in [-0.1, -0.05) is 12.0 Å². The highest BCUT2D eigenvalue weighted by atomic mass is 19.4. The van der Waals surface area contributed by atoms with E-state index in [-0.39, 0.29) is 62.9 Å². The summed E-state index contributed by atoms with van der Waals surface area (Å²) in [4.78, 5) is 24.5. The molecule has 2 aromatic carbocycles. The number of hydrogen-bond donors (Lipinski definition) is 1. The lowest BCUT2D eigenvalue weighted by molar-refractivity contribution is -0.119. The predicted molar refractivity (Wildman–Crippen MR) is 160 cm³/mol. The van der Waals surface area contributed by atoms with Crippen LogP contribution in [0.5, 0.6) is 11.8 Å². The first-order valence-electron chi connectivity index (χ1n) is 14.4. The van der Waals surface area contributed by atoms with Gasteiger partial charge in [0.05, 0.1) is 18.2 Å². The molecule has 2 atom stereocenters. The Hall–Kier alpha value is -4.44. The van der Waals surface area contributed by atoms with Gasteiger partial charge in [-0.2, -0.15) is 23.1 Å². The number of anilines is 1. The molecule has 6 rings (SSSR count). The fraction of sp³-hybridized carbons (Fsp3) is 0.406. The van der Waals surface area contributed by atoms with Gasteiger partial charge in [0.25, 0.3) is 0 Å². The third kappa shape index (κ3) is 6.38. The molecule has 45 heavy (non-hydrogen) atoms. The molecule has 2 aliphatic rings. The van der Waals surface area contributed by atoms with Gasteiger partial charge in [0, 0.05) is 35.6 Å². The Balaban J connectivity index is 0.000000377. The van der Waals surface area contributed by atoms with Crippen LogP contribution in [-0.2, 0) is 0 Å². The molecule has 238 valence electrons. The maximum absolute atomic E-state index is 14.5. The molecule has 0 aliphatic carbocycles. The summed E-state index contributed by atoms with van der Waals surface area (Å²) in [5.74, 6) is 0.960. The van der Waals surface area contributed by atoms with Crippen LogP contribution >= 0.6 is 0 Å². The number of methoxy groups -OCH3 is 1. The third-order valence-electron chi connectivity index (χ3n) is 8.10. The summed E-state index contributed by atoms with van der Waals surface area (Å²) >= 11 is 0. The van der Waals surface area contributed by atoms with E-state index in [1.165, 1.54) is 52.0 Å². The first-order chi connectivity index (χ1) is 21.3. The molecule has 8 nitrogen and oxygen atoms in total. The highest BCUT2D eigenvalue weighted by molar-refractivity contribution is 6.03. The highest BCUT2D eigenvalue weighted by Gasteiger charge is 2.35. The van der Waals surface area contributed by atoms with Gasteiger partial charge in [-0.15, -0.1) is 6.42 Å². The molecule has 2 unspecified atom stereocenters. The number of aromatic hydroxyl groups is 1. The van der Waals surface area contributed by atoms with Crippen molar-refractivity contribution >= 4 is 27.5 Å². The van der Waals surface area contributed by atoms with E-state index in [4.69, 9.17) is 15.6 Å². The molecule has 0 bridgehead atoms. The number of nitrogens with zero attached hydrogens (tertiary/aromatic N) is 4. The molecular weight excluding hydrogens is 599 g/mol. The molecule has 2 fully saturated rings. The van der Waals surface area contributed by atoms with Gasteiger partial charge >= 0.3 is 17.8 Å². The quantitative estimate of drug-likeness (QED) is 0.208. The predicted octanol–water partition coefficient (Wildman–Crippen LogP) is 6.13. The molecule has 4 heterocycles. The van der Waals surface area contributed by atoms with E-state index in [2.05, 4.69) is 20.8 Å². The summed E-state index contributed by atoms with van der Waals surface area (Å²) in [5, 5.41) is 10.6. The second kappa shape index (κ2) is 12.5. The number of terminal acetylenes is 1. The van der Waals surface area contributed by atoms with Crippen molar-refractivity contribution in [3.8, 4) is 35.4 Å². The molecule has 0 amide bonds. The Kier molecular flexibility index (Phi) is 8.89. The number of alkyl halides is 4. The molecular formula is C32H31F5N4O4. The van der Waals surface area contributed by atoms with Crippen LogP contribution in [0.3, 0.4) is 0 Å². The van der Waals surface area contributed by atoms with Crippen molar-refractivity contribution in [1.29, 1.82) is 0 Å². The van der Waals surface area contributed by atoms with Crippen molar-refractivity contribution in [2.45, 2.75) is 51.5 Å². The number of aromatic nitrogens is 2. The molecule has 0 spiro atoms. The summed E-state index contributed by atoms with van der Waals surface area (Å²) in [6.45, 7) is 3.35. The number of phenolic OH excluding ortho intramolecular Hbond substituents is 1. The maximum atomic E-state index is 14.5. The lowest BCUT2D eigenvalue weighted by Crippen LogP contribution is -2.35. The summed E-state index contributed by atoms with van der Waals surface area (Å²) in [6, 6.07) is 5.51. The van der Waals surface area contributed by atoms with Gasteiger partial charge in [-0.3, -0.25) is 4.90 Å². The number of fused-ring (bicyclic) bond motifs is 3. The highest BCUT2D eigenvalue weighted by Crippen LogP contribution is 2.39. The Morgan fingerprint density at radius 1 is 1.24 bits per heavy atom. The average molecular weight is 631 g/mol. The Morgan fingerprint density at radius 2 is 2.00 bits per heavy atom. The minimum Gasteiger partial charge on any atom is -0.508 e. The van der Waals surface area contributed by atoms with E-state index in [1.807, 2.05) is 0 Å². The molecule has 2 aliphatic heterocycles. The first-order valence-corrected chi connectivity index (χ1v) is 14.4. The van der Waals surface area contributed by atoms with E-state index in [0.29, 0.717) is 18.0 Å². The standard InChI is InChI=1S/C25H19F4N3O4.C7H12FN/c1-5-15-17(26)8-7-13-9-14(33)10-16(18(13)15)21-12(3)20-19(23(34)36-21)22(31-24(30-20)35-4)32(6-2)11-25(27,28)29;8-6-4-7-2-1-3-9(7)5-6/h1,7-10,33H,6,11H2,2-4H3;6-7H,1-5H2. The monoisotopic (exact) mass is 630 g/mol. The zero-order valence-electron chi connectivity index (χ0n) is 24.8. The van der Waals surface area contributed by atoms with Crippen molar-refractivity contribution in [1.82, 2.24) is 14.9 Å². The van der Waals surface area contributed by atoms with E-state index in [1.54, 1.807) is 0 Å². The van der Waals surface area contributed by atoms with E-state index in [9.17, 15) is 31.9 Å². The minimum absolute atomic E-state index is 0.0288. The molecule has 2 saturated heterocycles. The lowest BCUT2D eigenvalue weighted by atomic mass is 9.95. The molecule has 2 aromatic heterocycles. The number of hydrogen-bond acceptors (Lipinski definition) is 8. The lowest BCUT2D eigenvalue weighted by Gasteiger charge is -2.24. The van der Waals surface area contributed by atoms with Crippen LogP contribution in [0.25, 0.3) is 33.0 Å². The topological polar surface area (TPSA) is 91.9 Å². The smallest absolute Gasteiger partial charge is 0.405 e. The maximum Gasteiger partial charge on any atom is 0.405 e. The van der Waals surface area contributed by atoms with Crippen LogP contribution < -0.4 is 15.3 Å². The summed E-state index contributed by atoms with van der Waals surface area (Å²) < 4.78 is 77.5. The molecule has 4 aromatic rings. The van der Waals surface area contributed by atoms with E-state index < -0.39 is 30.3 Å². The fourth-order valence-corrected chi connectivity index (χ4v) is 6.12.